The van der Waals surface area contributed by atoms with Gasteiger partial charge in [-0.15, -0.1) is 0 Å². The summed E-state index contributed by atoms with van der Waals surface area (Å²) in [5.41, 5.74) is 1.35. The average molecular weight is 242 g/mol. The highest BCUT2D eigenvalue weighted by atomic mass is 16.5. The molecule has 0 amide bonds. The molecule has 1 N–H and O–H groups in total. The fourth-order valence-electron chi connectivity index (χ4n) is 1.64. The summed E-state index contributed by atoms with van der Waals surface area (Å²) in [6, 6.07) is 13.9. The number of hydrogen-bond donors (Lipinski definition) is 1. The third kappa shape index (κ3) is 2.88. The Bertz CT molecular complexity index is 561. The van der Waals surface area contributed by atoms with Crippen LogP contribution in [0.3, 0.4) is 0 Å². The summed E-state index contributed by atoms with van der Waals surface area (Å²) in [4.78, 5) is 11.8. The monoisotopic (exact) mass is 242 g/mol. The molecule has 2 aromatic carbocycles. The number of phenols is 1. The van der Waals surface area contributed by atoms with Crippen molar-refractivity contribution in [3.63, 3.8) is 0 Å². The minimum atomic E-state index is -0.241. The molecule has 3 nitrogen and oxygen atoms in total. The number of carbonyl (C=O) groups excluding carboxylic acids is 1. The summed E-state index contributed by atoms with van der Waals surface area (Å²) < 4.78 is 5.40. The fourth-order valence-corrected chi connectivity index (χ4v) is 1.64. The van der Waals surface area contributed by atoms with Gasteiger partial charge >= 0.3 is 0 Å². The van der Waals surface area contributed by atoms with Gasteiger partial charge in [0.25, 0.3) is 0 Å². The number of carbonyl (C=O) groups is 1. The summed E-state index contributed by atoms with van der Waals surface area (Å²) in [5, 5.41) is 9.55. The van der Waals surface area contributed by atoms with Gasteiger partial charge in [-0.2, -0.15) is 0 Å². The van der Waals surface area contributed by atoms with Crippen LogP contribution in [-0.4, -0.2) is 17.5 Å². The van der Waals surface area contributed by atoms with Crippen LogP contribution < -0.4 is 4.74 Å². The molecule has 0 aliphatic rings. The molecule has 0 aliphatic carbocycles. The van der Waals surface area contributed by atoms with Crippen LogP contribution in [0.15, 0.2) is 48.5 Å². The van der Waals surface area contributed by atoms with Gasteiger partial charge in [0.15, 0.2) is 6.61 Å². The summed E-state index contributed by atoms with van der Waals surface area (Å²) >= 11 is 0. The summed E-state index contributed by atoms with van der Waals surface area (Å²) in [6.45, 7) is 1.87. The maximum absolute atomic E-state index is 11.8. The van der Waals surface area contributed by atoms with Gasteiger partial charge in [-0.25, -0.2) is 0 Å². The van der Waals surface area contributed by atoms with Crippen LogP contribution in [0.2, 0.25) is 0 Å². The molecule has 0 radical (unpaired) electrons. The molecule has 0 heterocycles. The number of phenolic OH excluding ortho intramolecular Hbond substituents is 1. The average Bonchev–Trinajstić information content (AvgIpc) is 2.37. The molecule has 0 fully saturated rings. The minimum Gasteiger partial charge on any atom is -0.507 e. The molecule has 2 rings (SSSR count). The summed E-state index contributed by atoms with van der Waals surface area (Å²) in [7, 11) is 0. The van der Waals surface area contributed by atoms with Crippen molar-refractivity contribution in [3.05, 3.63) is 59.7 Å². The minimum absolute atomic E-state index is 0.0182. The van der Waals surface area contributed by atoms with Gasteiger partial charge in [0.05, 0.1) is 5.56 Å². The van der Waals surface area contributed by atoms with Gasteiger partial charge in [-0.3, -0.25) is 4.79 Å². The molecule has 3 heteroatoms. The zero-order valence-corrected chi connectivity index (χ0v) is 10.1. The molecule has 0 saturated carbocycles. The van der Waals surface area contributed by atoms with E-state index in [4.69, 9.17) is 4.74 Å². The smallest absolute Gasteiger partial charge is 0.203 e. The van der Waals surface area contributed by atoms with Gasteiger partial charge in [0.2, 0.25) is 5.78 Å². The normalized spacial score (nSPS) is 10.1. The first-order valence-electron chi connectivity index (χ1n) is 5.67. The van der Waals surface area contributed by atoms with Crippen molar-refractivity contribution in [2.75, 3.05) is 6.61 Å². The predicted octanol–water partition coefficient (Wildman–Crippen LogP) is 2.96. The van der Waals surface area contributed by atoms with Crippen LogP contribution in [0.4, 0.5) is 0 Å². The Morgan fingerprint density at radius 1 is 1.17 bits per heavy atom. The number of hydrogen-bond acceptors (Lipinski definition) is 3. The van der Waals surface area contributed by atoms with Crippen LogP contribution in [0.1, 0.15) is 15.9 Å². The molecule has 0 aromatic heterocycles. The predicted molar refractivity (Wildman–Crippen MR) is 69.1 cm³/mol. The molecular formula is C15H14O3. The lowest BCUT2D eigenvalue weighted by atomic mass is 10.1. The Kier molecular flexibility index (Phi) is 3.63. The zero-order chi connectivity index (χ0) is 13.0. The highest BCUT2D eigenvalue weighted by Crippen LogP contribution is 2.17. The Labute approximate surface area is 106 Å². The van der Waals surface area contributed by atoms with Crippen LogP contribution in [-0.2, 0) is 0 Å². The molecular weight excluding hydrogens is 228 g/mol. The van der Waals surface area contributed by atoms with Gasteiger partial charge < -0.3 is 9.84 Å². The topological polar surface area (TPSA) is 46.5 Å². The molecule has 0 spiro atoms. The molecule has 92 valence electrons. The van der Waals surface area contributed by atoms with Crippen LogP contribution in [0.25, 0.3) is 0 Å². The highest BCUT2D eigenvalue weighted by molar-refractivity contribution is 5.99. The zero-order valence-electron chi connectivity index (χ0n) is 10.1. The second-order valence-electron chi connectivity index (χ2n) is 4.05. The lowest BCUT2D eigenvalue weighted by Crippen LogP contribution is -2.11. The lowest BCUT2D eigenvalue weighted by Gasteiger charge is -2.07. The molecule has 0 atom stereocenters. The number of benzene rings is 2. The number of ether oxygens (including phenoxy) is 1. The summed E-state index contributed by atoms with van der Waals surface area (Å²) in [5.74, 6) is 0.392. The highest BCUT2D eigenvalue weighted by Gasteiger charge is 2.10. The van der Waals surface area contributed by atoms with Crippen molar-refractivity contribution < 1.29 is 14.6 Å². The Balaban J connectivity index is 2.03. The van der Waals surface area contributed by atoms with Gasteiger partial charge in [-0.05, 0) is 36.8 Å². The maximum atomic E-state index is 11.8. The first-order chi connectivity index (χ1) is 8.66. The largest absolute Gasteiger partial charge is 0.507 e. The number of aromatic hydroxyl groups is 1. The van der Waals surface area contributed by atoms with E-state index in [1.165, 1.54) is 6.07 Å². The quantitative estimate of drug-likeness (QED) is 0.838. The van der Waals surface area contributed by atoms with Crippen molar-refractivity contribution in [1.82, 2.24) is 0 Å². The van der Waals surface area contributed by atoms with Crippen molar-refractivity contribution in [3.8, 4) is 11.5 Å². The van der Waals surface area contributed by atoms with E-state index in [1.54, 1.807) is 24.3 Å². The van der Waals surface area contributed by atoms with E-state index in [9.17, 15) is 9.90 Å². The number of aryl methyl sites for hydroxylation is 1. The first-order valence-corrected chi connectivity index (χ1v) is 5.67. The Hall–Kier alpha value is -2.29. The van der Waals surface area contributed by atoms with E-state index in [0.29, 0.717) is 5.75 Å². The van der Waals surface area contributed by atoms with Gasteiger partial charge in [0.1, 0.15) is 11.5 Å². The van der Waals surface area contributed by atoms with Gasteiger partial charge in [0, 0.05) is 0 Å². The Morgan fingerprint density at radius 3 is 2.67 bits per heavy atom. The standard InChI is InChI=1S/C15H14O3/c1-11-5-4-6-12(9-11)18-10-15(17)13-7-2-3-8-14(13)16/h2-9,16H,10H2,1H3. The molecule has 0 saturated heterocycles. The first kappa shape index (κ1) is 12.2. The molecule has 0 bridgehead atoms. The molecule has 0 aliphatic heterocycles. The Morgan fingerprint density at radius 2 is 1.94 bits per heavy atom. The lowest BCUT2D eigenvalue weighted by molar-refractivity contribution is 0.0919. The SMILES string of the molecule is Cc1cccc(OCC(=O)c2ccccc2O)c1. The van der Waals surface area contributed by atoms with E-state index in [1.807, 2.05) is 25.1 Å². The van der Waals surface area contributed by atoms with Gasteiger partial charge in [-0.1, -0.05) is 24.3 Å². The van der Waals surface area contributed by atoms with E-state index in [-0.39, 0.29) is 23.7 Å². The molecule has 0 unspecified atom stereocenters. The second kappa shape index (κ2) is 5.36. The maximum Gasteiger partial charge on any atom is 0.203 e. The van der Waals surface area contributed by atoms with E-state index >= 15 is 0 Å². The molecule has 18 heavy (non-hydrogen) atoms. The summed E-state index contributed by atoms with van der Waals surface area (Å²) in [6.07, 6.45) is 0. The van der Waals surface area contributed by atoms with Crippen molar-refractivity contribution >= 4 is 5.78 Å². The van der Waals surface area contributed by atoms with E-state index < -0.39 is 0 Å². The number of ketones is 1. The van der Waals surface area contributed by atoms with Crippen LogP contribution in [0, 0.1) is 6.92 Å². The van der Waals surface area contributed by atoms with Crippen LogP contribution in [0.5, 0.6) is 11.5 Å². The van der Waals surface area contributed by atoms with E-state index in [2.05, 4.69) is 0 Å². The number of rotatable bonds is 4. The third-order valence-electron chi connectivity index (χ3n) is 2.56. The van der Waals surface area contributed by atoms with Crippen molar-refractivity contribution in [1.29, 1.82) is 0 Å². The second-order valence-corrected chi connectivity index (χ2v) is 4.05. The van der Waals surface area contributed by atoms with Crippen molar-refractivity contribution in [2.45, 2.75) is 6.92 Å². The fraction of sp³-hybridized carbons (Fsp3) is 0.133. The molecule has 2 aromatic rings. The number of para-hydroxylation sites is 1. The van der Waals surface area contributed by atoms with E-state index in [0.717, 1.165) is 5.56 Å². The van der Waals surface area contributed by atoms with Crippen molar-refractivity contribution in [2.24, 2.45) is 0 Å². The van der Waals surface area contributed by atoms with Crippen LogP contribution >= 0.6 is 0 Å². The third-order valence-corrected chi connectivity index (χ3v) is 2.56. The number of Topliss-reactive ketones (excluding diaryl/α,β-unsaturated/α-hetero) is 1.